The number of rotatable bonds is 9. The SMILES string of the molecule is CCCN(CC(=O)Nc1ccccc1C)C(=O)CSc1nnc(-c2ccccc2Cl)n1C. The molecule has 0 saturated heterocycles. The molecule has 0 aliphatic carbocycles. The molecule has 0 aliphatic heterocycles. The molecule has 0 radical (unpaired) electrons. The van der Waals surface area contributed by atoms with E-state index >= 15 is 0 Å². The Balaban J connectivity index is 1.62. The summed E-state index contributed by atoms with van der Waals surface area (Å²) in [5.74, 6) is 0.449. The molecule has 1 aromatic heterocycles. The molecule has 0 spiro atoms. The highest BCUT2D eigenvalue weighted by atomic mass is 35.5. The molecule has 7 nitrogen and oxygen atoms in total. The Labute approximate surface area is 197 Å². The maximum atomic E-state index is 12.9. The summed E-state index contributed by atoms with van der Waals surface area (Å²) in [7, 11) is 1.84. The van der Waals surface area contributed by atoms with Gasteiger partial charge in [-0.2, -0.15) is 0 Å². The van der Waals surface area contributed by atoms with Gasteiger partial charge in [-0.3, -0.25) is 9.59 Å². The number of benzene rings is 2. The molecular weight excluding hydrogens is 446 g/mol. The van der Waals surface area contributed by atoms with Crippen molar-refractivity contribution >= 4 is 40.9 Å². The lowest BCUT2D eigenvalue weighted by atomic mass is 10.2. The normalized spacial score (nSPS) is 10.8. The minimum absolute atomic E-state index is 0.00521. The second-order valence-electron chi connectivity index (χ2n) is 7.31. The second-order valence-corrected chi connectivity index (χ2v) is 8.66. The minimum Gasteiger partial charge on any atom is -0.333 e. The van der Waals surface area contributed by atoms with Crippen molar-refractivity contribution in [2.24, 2.45) is 7.05 Å². The van der Waals surface area contributed by atoms with E-state index in [1.165, 1.54) is 11.8 Å². The van der Waals surface area contributed by atoms with Crippen molar-refractivity contribution in [3.05, 3.63) is 59.1 Å². The van der Waals surface area contributed by atoms with Crippen molar-refractivity contribution < 1.29 is 9.59 Å². The summed E-state index contributed by atoms with van der Waals surface area (Å²) in [5, 5.41) is 12.5. The number of aromatic nitrogens is 3. The van der Waals surface area contributed by atoms with Crippen LogP contribution < -0.4 is 5.32 Å². The quantitative estimate of drug-likeness (QED) is 0.467. The van der Waals surface area contributed by atoms with Gasteiger partial charge in [-0.1, -0.05) is 60.6 Å². The molecule has 3 aromatic rings. The molecular formula is C23H26ClN5O2S. The number of halogens is 1. The van der Waals surface area contributed by atoms with Crippen molar-refractivity contribution in [1.29, 1.82) is 0 Å². The summed E-state index contributed by atoms with van der Waals surface area (Å²) in [6.45, 7) is 4.42. The van der Waals surface area contributed by atoms with E-state index in [9.17, 15) is 9.59 Å². The summed E-state index contributed by atoms with van der Waals surface area (Å²) in [6, 6.07) is 15.0. The van der Waals surface area contributed by atoms with Gasteiger partial charge in [0.25, 0.3) is 0 Å². The molecule has 32 heavy (non-hydrogen) atoms. The van der Waals surface area contributed by atoms with Gasteiger partial charge in [0.1, 0.15) is 0 Å². The summed E-state index contributed by atoms with van der Waals surface area (Å²) < 4.78 is 1.81. The molecule has 0 aliphatic rings. The summed E-state index contributed by atoms with van der Waals surface area (Å²) in [5.41, 5.74) is 2.51. The number of nitrogens with zero attached hydrogens (tertiary/aromatic N) is 4. The Bertz CT molecular complexity index is 1100. The zero-order valence-corrected chi connectivity index (χ0v) is 19.9. The number of anilines is 1. The van der Waals surface area contributed by atoms with Crippen LogP contribution in [0.25, 0.3) is 11.4 Å². The van der Waals surface area contributed by atoms with E-state index in [2.05, 4.69) is 15.5 Å². The van der Waals surface area contributed by atoms with E-state index < -0.39 is 0 Å². The monoisotopic (exact) mass is 471 g/mol. The number of nitrogens with one attached hydrogen (secondary N) is 1. The predicted molar refractivity (Wildman–Crippen MR) is 129 cm³/mol. The van der Waals surface area contributed by atoms with E-state index in [0.29, 0.717) is 22.5 Å². The lowest BCUT2D eigenvalue weighted by Gasteiger charge is -2.21. The van der Waals surface area contributed by atoms with Crippen LogP contribution in [-0.4, -0.2) is 50.3 Å². The number of carbonyl (C=O) groups excluding carboxylic acids is 2. The van der Waals surface area contributed by atoms with Crippen LogP contribution in [0.3, 0.4) is 0 Å². The molecule has 9 heteroatoms. The van der Waals surface area contributed by atoms with Gasteiger partial charge < -0.3 is 14.8 Å². The van der Waals surface area contributed by atoms with Gasteiger partial charge in [0, 0.05) is 24.8 Å². The first-order valence-corrected chi connectivity index (χ1v) is 11.7. The number of hydrogen-bond acceptors (Lipinski definition) is 5. The topological polar surface area (TPSA) is 80.1 Å². The van der Waals surface area contributed by atoms with Crippen LogP contribution in [0.2, 0.25) is 5.02 Å². The summed E-state index contributed by atoms with van der Waals surface area (Å²) in [4.78, 5) is 26.9. The molecule has 2 aromatic carbocycles. The van der Waals surface area contributed by atoms with Crippen molar-refractivity contribution in [3.63, 3.8) is 0 Å². The van der Waals surface area contributed by atoms with Crippen LogP contribution in [0.1, 0.15) is 18.9 Å². The van der Waals surface area contributed by atoms with Gasteiger partial charge in [0.15, 0.2) is 11.0 Å². The van der Waals surface area contributed by atoms with Gasteiger partial charge in [-0.25, -0.2) is 0 Å². The highest BCUT2D eigenvalue weighted by Gasteiger charge is 2.19. The fourth-order valence-corrected chi connectivity index (χ4v) is 4.21. The van der Waals surface area contributed by atoms with Crippen LogP contribution >= 0.6 is 23.4 Å². The molecule has 2 amide bonds. The average Bonchev–Trinajstić information content (AvgIpc) is 3.14. The van der Waals surface area contributed by atoms with Crippen LogP contribution in [0.4, 0.5) is 5.69 Å². The standard InChI is InChI=1S/C23H26ClN5O2S/c1-4-13-29(14-20(30)25-19-12-8-5-9-16(19)2)21(31)15-32-23-27-26-22(28(23)3)17-10-6-7-11-18(17)24/h5-12H,4,13-15H2,1-3H3,(H,25,30). The molecule has 3 rings (SSSR count). The van der Waals surface area contributed by atoms with Crippen LogP contribution in [0.15, 0.2) is 53.7 Å². The highest BCUT2D eigenvalue weighted by molar-refractivity contribution is 7.99. The van der Waals surface area contributed by atoms with Gasteiger partial charge in [-0.05, 0) is 37.1 Å². The third kappa shape index (κ3) is 5.89. The van der Waals surface area contributed by atoms with Crippen molar-refractivity contribution in [1.82, 2.24) is 19.7 Å². The number of para-hydroxylation sites is 1. The van der Waals surface area contributed by atoms with Gasteiger partial charge in [0.2, 0.25) is 11.8 Å². The first-order valence-electron chi connectivity index (χ1n) is 10.3. The van der Waals surface area contributed by atoms with Crippen molar-refractivity contribution in [2.75, 3.05) is 24.2 Å². The third-order valence-electron chi connectivity index (χ3n) is 4.87. The van der Waals surface area contributed by atoms with E-state index in [4.69, 9.17) is 11.6 Å². The lowest BCUT2D eigenvalue weighted by Crippen LogP contribution is -2.39. The summed E-state index contributed by atoms with van der Waals surface area (Å²) >= 11 is 7.56. The number of hydrogen-bond donors (Lipinski definition) is 1. The Hall–Kier alpha value is -2.84. The molecule has 0 saturated carbocycles. The van der Waals surface area contributed by atoms with Crippen molar-refractivity contribution in [2.45, 2.75) is 25.4 Å². The number of carbonyl (C=O) groups is 2. The van der Waals surface area contributed by atoms with Crippen LogP contribution in [0, 0.1) is 6.92 Å². The number of amides is 2. The fourth-order valence-electron chi connectivity index (χ4n) is 3.17. The fraction of sp³-hybridized carbons (Fsp3) is 0.304. The summed E-state index contributed by atoms with van der Waals surface area (Å²) in [6.07, 6.45) is 0.759. The zero-order chi connectivity index (χ0) is 23.1. The number of aryl methyl sites for hydroxylation is 1. The predicted octanol–water partition coefficient (Wildman–Crippen LogP) is 4.41. The Kier molecular flexibility index (Phi) is 8.30. The second kappa shape index (κ2) is 11.2. The zero-order valence-electron chi connectivity index (χ0n) is 18.3. The van der Waals surface area contributed by atoms with E-state index in [0.717, 1.165) is 23.2 Å². The molecule has 1 heterocycles. The Morgan fingerprint density at radius 2 is 1.84 bits per heavy atom. The first kappa shape index (κ1) is 23.8. The smallest absolute Gasteiger partial charge is 0.244 e. The van der Waals surface area contributed by atoms with Gasteiger partial charge in [0.05, 0.1) is 17.3 Å². The molecule has 0 unspecified atom stereocenters. The maximum absolute atomic E-state index is 12.9. The molecule has 0 bridgehead atoms. The Morgan fingerprint density at radius 3 is 2.56 bits per heavy atom. The van der Waals surface area contributed by atoms with Gasteiger partial charge >= 0.3 is 0 Å². The number of thioether (sulfide) groups is 1. The van der Waals surface area contributed by atoms with E-state index in [1.54, 1.807) is 11.0 Å². The first-order chi connectivity index (χ1) is 15.4. The maximum Gasteiger partial charge on any atom is 0.244 e. The minimum atomic E-state index is -0.217. The average molecular weight is 472 g/mol. The highest BCUT2D eigenvalue weighted by Crippen LogP contribution is 2.28. The lowest BCUT2D eigenvalue weighted by molar-refractivity contribution is -0.132. The largest absolute Gasteiger partial charge is 0.333 e. The molecule has 1 N–H and O–H groups in total. The molecule has 0 atom stereocenters. The van der Waals surface area contributed by atoms with E-state index in [1.807, 2.05) is 67.9 Å². The molecule has 168 valence electrons. The Morgan fingerprint density at radius 1 is 1.12 bits per heavy atom. The van der Waals surface area contributed by atoms with Crippen molar-refractivity contribution in [3.8, 4) is 11.4 Å². The van der Waals surface area contributed by atoms with Gasteiger partial charge in [-0.15, -0.1) is 10.2 Å². The van der Waals surface area contributed by atoms with Crippen LogP contribution in [0.5, 0.6) is 0 Å². The van der Waals surface area contributed by atoms with Crippen LogP contribution in [-0.2, 0) is 16.6 Å². The third-order valence-corrected chi connectivity index (χ3v) is 6.21. The van der Waals surface area contributed by atoms with E-state index in [-0.39, 0.29) is 24.1 Å². The molecule has 0 fully saturated rings.